The first-order valence-corrected chi connectivity index (χ1v) is 7.83. The average Bonchev–Trinajstić information content (AvgIpc) is 2.93. The van der Waals surface area contributed by atoms with Crippen molar-refractivity contribution in [1.82, 2.24) is 9.78 Å². The van der Waals surface area contributed by atoms with E-state index in [0.717, 1.165) is 17.8 Å². The van der Waals surface area contributed by atoms with Crippen LogP contribution in [0.15, 0.2) is 35.6 Å². The average molecular weight is 283 g/mol. The second-order valence-corrected chi connectivity index (χ2v) is 5.62. The van der Waals surface area contributed by atoms with E-state index in [9.17, 15) is 0 Å². The molecule has 0 atom stereocenters. The van der Waals surface area contributed by atoms with E-state index in [1.807, 2.05) is 23.2 Å². The molecule has 0 saturated carbocycles. The molecule has 3 heteroatoms. The third-order valence-corrected chi connectivity index (χ3v) is 3.75. The molecule has 0 unspecified atom stereocenters. The van der Waals surface area contributed by atoms with Crippen molar-refractivity contribution in [1.29, 1.82) is 0 Å². The van der Waals surface area contributed by atoms with Crippen LogP contribution in [0.2, 0.25) is 0 Å². The number of nitrogens with zero attached hydrogens (tertiary/aromatic N) is 3. The lowest BCUT2D eigenvalue weighted by atomic mass is 10.1. The second kappa shape index (κ2) is 7.77. The third kappa shape index (κ3) is 4.85. The number of hydrogen-bond donors (Lipinski definition) is 0. The Morgan fingerprint density at radius 3 is 2.76 bits per heavy atom. The maximum absolute atomic E-state index is 4.52. The van der Waals surface area contributed by atoms with Gasteiger partial charge >= 0.3 is 0 Å². The molecule has 0 aliphatic heterocycles. The number of aromatic nitrogens is 2. The smallest absolute Gasteiger partial charge is 0.0632 e. The molecule has 0 radical (unpaired) electrons. The molecular formula is C18H25N3. The Balaban J connectivity index is 1.92. The van der Waals surface area contributed by atoms with Crippen LogP contribution >= 0.6 is 0 Å². The number of benzene rings is 1. The van der Waals surface area contributed by atoms with Gasteiger partial charge in [0.1, 0.15) is 0 Å². The van der Waals surface area contributed by atoms with Gasteiger partial charge in [-0.3, -0.25) is 9.67 Å². The summed E-state index contributed by atoms with van der Waals surface area (Å²) >= 11 is 0. The number of hydrogen-bond acceptors (Lipinski definition) is 2. The molecule has 0 aliphatic carbocycles. The third-order valence-electron chi connectivity index (χ3n) is 3.75. The summed E-state index contributed by atoms with van der Waals surface area (Å²) in [6, 6.07) is 6.27. The van der Waals surface area contributed by atoms with Crippen molar-refractivity contribution in [3.63, 3.8) is 0 Å². The van der Waals surface area contributed by atoms with Crippen molar-refractivity contribution in [2.45, 2.75) is 53.0 Å². The van der Waals surface area contributed by atoms with Gasteiger partial charge in [-0.2, -0.15) is 5.10 Å². The Morgan fingerprint density at radius 1 is 1.14 bits per heavy atom. The number of aliphatic imine (C=N–C) groups is 1. The summed E-state index contributed by atoms with van der Waals surface area (Å²) in [5, 5.41) is 4.38. The van der Waals surface area contributed by atoms with Gasteiger partial charge in [-0.25, -0.2) is 0 Å². The van der Waals surface area contributed by atoms with Gasteiger partial charge in [-0.15, -0.1) is 0 Å². The van der Waals surface area contributed by atoms with E-state index in [2.05, 4.69) is 49.2 Å². The molecule has 0 aliphatic rings. The first kappa shape index (κ1) is 15.5. The summed E-state index contributed by atoms with van der Waals surface area (Å²) in [7, 11) is 0. The zero-order valence-electron chi connectivity index (χ0n) is 13.3. The van der Waals surface area contributed by atoms with E-state index >= 15 is 0 Å². The molecule has 0 saturated heterocycles. The van der Waals surface area contributed by atoms with Gasteiger partial charge in [0.05, 0.1) is 11.9 Å². The van der Waals surface area contributed by atoms with Crippen LogP contribution in [-0.4, -0.2) is 16.0 Å². The van der Waals surface area contributed by atoms with Gasteiger partial charge < -0.3 is 0 Å². The molecule has 0 fully saturated rings. The Hall–Kier alpha value is -1.90. The van der Waals surface area contributed by atoms with Crippen molar-refractivity contribution in [3.8, 4) is 0 Å². The Kier molecular flexibility index (Phi) is 5.73. The van der Waals surface area contributed by atoms with E-state index in [1.54, 1.807) is 0 Å². The van der Waals surface area contributed by atoms with Crippen molar-refractivity contribution in [2.24, 2.45) is 4.99 Å². The normalized spacial score (nSPS) is 11.4. The lowest BCUT2D eigenvalue weighted by Gasteiger charge is -2.00. The molecule has 3 nitrogen and oxygen atoms in total. The Labute approximate surface area is 127 Å². The van der Waals surface area contributed by atoms with E-state index < -0.39 is 0 Å². The summed E-state index contributed by atoms with van der Waals surface area (Å²) < 4.78 is 2.01. The molecule has 21 heavy (non-hydrogen) atoms. The minimum atomic E-state index is 0.994. The van der Waals surface area contributed by atoms with Crippen LogP contribution in [-0.2, 0) is 6.54 Å². The fraction of sp³-hybridized carbons (Fsp3) is 0.444. The predicted octanol–water partition coefficient (Wildman–Crippen LogP) is 4.83. The summed E-state index contributed by atoms with van der Waals surface area (Å²) in [6.07, 6.45) is 10.9. The monoisotopic (exact) mass is 283 g/mol. The van der Waals surface area contributed by atoms with Gasteiger partial charge in [0.15, 0.2) is 0 Å². The molecule has 0 spiro atoms. The van der Waals surface area contributed by atoms with E-state index in [4.69, 9.17) is 0 Å². The predicted molar refractivity (Wildman–Crippen MR) is 89.5 cm³/mol. The topological polar surface area (TPSA) is 30.2 Å². The highest BCUT2D eigenvalue weighted by Gasteiger charge is 1.97. The van der Waals surface area contributed by atoms with Gasteiger partial charge in [-0.1, -0.05) is 32.3 Å². The second-order valence-electron chi connectivity index (χ2n) is 5.62. The number of unbranched alkanes of at least 4 members (excludes halogenated alkanes) is 3. The van der Waals surface area contributed by atoms with Gasteiger partial charge in [0.25, 0.3) is 0 Å². The van der Waals surface area contributed by atoms with E-state index in [1.165, 1.54) is 36.8 Å². The molecule has 0 bridgehead atoms. The first-order chi connectivity index (χ1) is 10.2. The van der Waals surface area contributed by atoms with Crippen LogP contribution in [0.5, 0.6) is 0 Å². The minimum absolute atomic E-state index is 0.994. The highest BCUT2D eigenvalue weighted by atomic mass is 15.3. The standard InChI is InChI=1S/C18H25N3/c1-4-5-6-7-10-21-14-17(13-20-21)12-19-18-9-8-15(2)16(3)11-18/h8-9,11-14H,4-7,10H2,1-3H3. The maximum Gasteiger partial charge on any atom is 0.0632 e. The molecule has 0 N–H and O–H groups in total. The lowest BCUT2D eigenvalue weighted by molar-refractivity contribution is 0.541. The van der Waals surface area contributed by atoms with Crippen molar-refractivity contribution >= 4 is 11.9 Å². The summed E-state index contributed by atoms with van der Waals surface area (Å²) in [5.74, 6) is 0. The van der Waals surface area contributed by atoms with Crippen LogP contribution < -0.4 is 0 Å². The van der Waals surface area contributed by atoms with Crippen LogP contribution in [0.1, 0.15) is 49.3 Å². The van der Waals surface area contributed by atoms with E-state index in [-0.39, 0.29) is 0 Å². The molecule has 2 rings (SSSR count). The fourth-order valence-corrected chi connectivity index (χ4v) is 2.22. The summed E-state index contributed by atoms with van der Waals surface area (Å²) in [4.78, 5) is 4.52. The highest BCUT2D eigenvalue weighted by molar-refractivity contribution is 5.81. The highest BCUT2D eigenvalue weighted by Crippen LogP contribution is 2.17. The lowest BCUT2D eigenvalue weighted by Crippen LogP contribution is -1.97. The van der Waals surface area contributed by atoms with Crippen molar-refractivity contribution in [3.05, 3.63) is 47.3 Å². The molecule has 0 amide bonds. The van der Waals surface area contributed by atoms with Crippen molar-refractivity contribution < 1.29 is 0 Å². The van der Waals surface area contributed by atoms with Gasteiger partial charge in [0.2, 0.25) is 0 Å². The van der Waals surface area contributed by atoms with Crippen LogP contribution in [0.25, 0.3) is 0 Å². The zero-order chi connectivity index (χ0) is 15.1. The quantitative estimate of drug-likeness (QED) is 0.528. The zero-order valence-corrected chi connectivity index (χ0v) is 13.3. The van der Waals surface area contributed by atoms with E-state index in [0.29, 0.717) is 0 Å². The molecule has 1 aromatic heterocycles. The van der Waals surface area contributed by atoms with Crippen LogP contribution in [0.3, 0.4) is 0 Å². The summed E-state index contributed by atoms with van der Waals surface area (Å²) in [6.45, 7) is 7.46. The largest absolute Gasteiger partial charge is 0.272 e. The fourth-order valence-electron chi connectivity index (χ4n) is 2.22. The SMILES string of the molecule is CCCCCCn1cc(C=Nc2ccc(C)c(C)c2)cn1. The Bertz CT molecular complexity index is 596. The molecule has 112 valence electrons. The summed E-state index contributed by atoms with van der Waals surface area (Å²) in [5.41, 5.74) is 4.63. The Morgan fingerprint density at radius 2 is 2.00 bits per heavy atom. The van der Waals surface area contributed by atoms with Crippen molar-refractivity contribution in [2.75, 3.05) is 0 Å². The van der Waals surface area contributed by atoms with Gasteiger partial charge in [0, 0.05) is 24.5 Å². The molecule has 2 aromatic rings. The first-order valence-electron chi connectivity index (χ1n) is 7.83. The van der Waals surface area contributed by atoms with Gasteiger partial charge in [-0.05, 0) is 43.5 Å². The molecular weight excluding hydrogens is 258 g/mol. The van der Waals surface area contributed by atoms with Crippen LogP contribution in [0, 0.1) is 13.8 Å². The number of rotatable bonds is 7. The van der Waals surface area contributed by atoms with Crippen LogP contribution in [0.4, 0.5) is 5.69 Å². The number of aryl methyl sites for hydroxylation is 3. The minimum Gasteiger partial charge on any atom is -0.272 e. The maximum atomic E-state index is 4.52. The molecule has 1 aromatic carbocycles. The molecule has 1 heterocycles.